The van der Waals surface area contributed by atoms with E-state index in [-0.39, 0.29) is 22.2 Å². The predicted molar refractivity (Wildman–Crippen MR) is 55.8 cm³/mol. The number of anilines is 1. The Kier molecular flexibility index (Phi) is 2.19. The highest BCUT2D eigenvalue weighted by atomic mass is 35.5. The van der Waals surface area contributed by atoms with Crippen molar-refractivity contribution in [3.05, 3.63) is 16.1 Å². The van der Waals surface area contributed by atoms with E-state index in [0.717, 1.165) is 36.8 Å². The molecule has 0 heterocycles. The minimum atomic E-state index is -0.287. The normalized spacial score (nSPS) is 15.2. The summed E-state index contributed by atoms with van der Waals surface area (Å²) in [5.74, 6) is -0.569. The van der Waals surface area contributed by atoms with Crippen molar-refractivity contribution in [1.29, 1.82) is 0 Å². The van der Waals surface area contributed by atoms with E-state index in [1.54, 1.807) is 0 Å². The zero-order chi connectivity index (χ0) is 10.3. The van der Waals surface area contributed by atoms with Crippen LogP contribution in [0.25, 0.3) is 0 Å². The summed E-state index contributed by atoms with van der Waals surface area (Å²) in [6.07, 6.45) is 3.76. The third-order valence-electron chi connectivity index (χ3n) is 2.75. The average Bonchev–Trinajstić information content (AvgIpc) is 2.23. The molecule has 0 bridgehead atoms. The third kappa shape index (κ3) is 1.20. The number of hydrogen-bond donors (Lipinski definition) is 3. The van der Waals surface area contributed by atoms with E-state index in [4.69, 9.17) is 17.3 Å². The smallest absolute Gasteiger partial charge is 0.182 e. The summed E-state index contributed by atoms with van der Waals surface area (Å²) in [5.41, 5.74) is 7.78. The lowest BCUT2D eigenvalue weighted by Gasteiger charge is -2.20. The molecule has 0 aromatic heterocycles. The van der Waals surface area contributed by atoms with Gasteiger partial charge in [-0.1, -0.05) is 11.6 Å². The Bertz CT molecular complexity index is 353. The van der Waals surface area contributed by atoms with Crippen LogP contribution in [0.3, 0.4) is 0 Å². The standard InChI is InChI=1S/C10H12ClNO2/c11-7-5-3-1-2-4-6(5)8(12)10(14)9(7)13/h13-14H,1-4,12H2. The quantitative estimate of drug-likeness (QED) is 0.457. The van der Waals surface area contributed by atoms with Crippen LogP contribution in [0.1, 0.15) is 24.0 Å². The average molecular weight is 214 g/mol. The van der Waals surface area contributed by atoms with Crippen LogP contribution in [0, 0.1) is 0 Å². The lowest BCUT2D eigenvalue weighted by atomic mass is 9.90. The first-order valence-electron chi connectivity index (χ1n) is 4.63. The van der Waals surface area contributed by atoms with Gasteiger partial charge in [-0.05, 0) is 36.8 Å². The number of phenolic OH excluding ortho intramolecular Hbond substituents is 2. The summed E-state index contributed by atoms with van der Waals surface area (Å²) in [6.45, 7) is 0. The summed E-state index contributed by atoms with van der Waals surface area (Å²) in [7, 11) is 0. The summed E-state index contributed by atoms with van der Waals surface area (Å²) in [4.78, 5) is 0. The van der Waals surface area contributed by atoms with Gasteiger partial charge in [-0.25, -0.2) is 0 Å². The van der Waals surface area contributed by atoms with Gasteiger partial charge in [-0.2, -0.15) is 0 Å². The minimum Gasteiger partial charge on any atom is -0.503 e. The number of nitrogens with two attached hydrogens (primary N) is 1. The van der Waals surface area contributed by atoms with Gasteiger partial charge in [0.2, 0.25) is 0 Å². The Morgan fingerprint density at radius 2 is 1.57 bits per heavy atom. The van der Waals surface area contributed by atoms with E-state index in [9.17, 15) is 10.2 Å². The first kappa shape index (κ1) is 9.46. The second kappa shape index (κ2) is 3.24. The van der Waals surface area contributed by atoms with E-state index in [1.807, 2.05) is 0 Å². The monoisotopic (exact) mass is 213 g/mol. The van der Waals surface area contributed by atoms with E-state index in [1.165, 1.54) is 0 Å². The third-order valence-corrected chi connectivity index (χ3v) is 3.15. The molecule has 1 aliphatic carbocycles. The highest BCUT2D eigenvalue weighted by molar-refractivity contribution is 6.33. The summed E-state index contributed by atoms with van der Waals surface area (Å²) in [6, 6.07) is 0. The number of benzene rings is 1. The van der Waals surface area contributed by atoms with Crippen LogP contribution >= 0.6 is 11.6 Å². The van der Waals surface area contributed by atoms with E-state index in [2.05, 4.69) is 0 Å². The van der Waals surface area contributed by atoms with Crippen molar-refractivity contribution >= 4 is 17.3 Å². The SMILES string of the molecule is Nc1c(O)c(O)c(Cl)c2c1CCCC2. The van der Waals surface area contributed by atoms with Gasteiger partial charge in [-0.15, -0.1) is 0 Å². The number of hydrogen-bond acceptors (Lipinski definition) is 3. The van der Waals surface area contributed by atoms with Crippen molar-refractivity contribution < 1.29 is 10.2 Å². The fraction of sp³-hybridized carbons (Fsp3) is 0.400. The van der Waals surface area contributed by atoms with Gasteiger partial charge in [-0.3, -0.25) is 0 Å². The maximum absolute atomic E-state index is 9.48. The number of rotatable bonds is 0. The Morgan fingerprint density at radius 1 is 1.00 bits per heavy atom. The molecule has 0 atom stereocenters. The molecule has 4 N–H and O–H groups in total. The molecule has 0 amide bonds. The Balaban J connectivity index is 2.71. The van der Waals surface area contributed by atoms with Crippen molar-refractivity contribution in [2.45, 2.75) is 25.7 Å². The predicted octanol–water partition coefficient (Wildman–Crippen LogP) is 2.21. The number of halogens is 1. The molecule has 14 heavy (non-hydrogen) atoms. The summed E-state index contributed by atoms with van der Waals surface area (Å²) >= 11 is 5.92. The highest BCUT2D eigenvalue weighted by Crippen LogP contribution is 2.45. The van der Waals surface area contributed by atoms with Crippen LogP contribution in [-0.2, 0) is 12.8 Å². The molecule has 0 saturated carbocycles. The molecule has 1 aliphatic rings. The van der Waals surface area contributed by atoms with Gasteiger partial charge < -0.3 is 15.9 Å². The molecule has 0 spiro atoms. The maximum atomic E-state index is 9.48. The summed E-state index contributed by atoms with van der Waals surface area (Å²) in [5, 5.41) is 19.2. The fourth-order valence-electron chi connectivity index (χ4n) is 1.96. The lowest BCUT2D eigenvalue weighted by molar-refractivity contribution is 0.404. The molecule has 2 rings (SSSR count). The molecule has 0 fully saturated rings. The first-order valence-corrected chi connectivity index (χ1v) is 5.01. The molecule has 1 aromatic rings. The zero-order valence-electron chi connectivity index (χ0n) is 7.68. The van der Waals surface area contributed by atoms with Crippen LogP contribution in [0.15, 0.2) is 0 Å². The van der Waals surface area contributed by atoms with Crippen LogP contribution in [0.2, 0.25) is 5.02 Å². The largest absolute Gasteiger partial charge is 0.503 e. The van der Waals surface area contributed by atoms with Crippen molar-refractivity contribution in [1.82, 2.24) is 0 Å². The van der Waals surface area contributed by atoms with Gasteiger partial charge in [0.1, 0.15) is 0 Å². The molecular weight excluding hydrogens is 202 g/mol. The van der Waals surface area contributed by atoms with Crippen molar-refractivity contribution in [2.24, 2.45) is 0 Å². The van der Waals surface area contributed by atoms with Crippen LogP contribution in [-0.4, -0.2) is 10.2 Å². The van der Waals surface area contributed by atoms with Crippen LogP contribution < -0.4 is 5.73 Å². The highest BCUT2D eigenvalue weighted by Gasteiger charge is 2.22. The van der Waals surface area contributed by atoms with Crippen LogP contribution in [0.5, 0.6) is 11.5 Å². The topological polar surface area (TPSA) is 66.5 Å². The lowest BCUT2D eigenvalue weighted by Crippen LogP contribution is -2.07. The van der Waals surface area contributed by atoms with Gasteiger partial charge in [0, 0.05) is 0 Å². The minimum absolute atomic E-state index is 0.256. The Labute approximate surface area is 87.1 Å². The van der Waals surface area contributed by atoms with Gasteiger partial charge in [0.25, 0.3) is 0 Å². The number of phenols is 2. The van der Waals surface area contributed by atoms with Crippen LogP contribution in [0.4, 0.5) is 5.69 Å². The number of nitrogen functional groups attached to an aromatic ring is 1. The van der Waals surface area contributed by atoms with E-state index >= 15 is 0 Å². The van der Waals surface area contributed by atoms with E-state index < -0.39 is 0 Å². The maximum Gasteiger partial charge on any atom is 0.182 e. The number of fused-ring (bicyclic) bond motifs is 1. The number of aromatic hydroxyl groups is 2. The molecule has 4 heteroatoms. The first-order chi connectivity index (χ1) is 6.63. The molecule has 76 valence electrons. The van der Waals surface area contributed by atoms with Crippen molar-refractivity contribution in [3.8, 4) is 11.5 Å². The Morgan fingerprint density at radius 3 is 2.21 bits per heavy atom. The van der Waals surface area contributed by atoms with Crippen molar-refractivity contribution in [3.63, 3.8) is 0 Å². The van der Waals surface area contributed by atoms with Gasteiger partial charge in [0.05, 0.1) is 10.7 Å². The molecule has 3 nitrogen and oxygen atoms in total. The van der Waals surface area contributed by atoms with Gasteiger partial charge >= 0.3 is 0 Å². The Hall–Kier alpha value is -1.09. The zero-order valence-corrected chi connectivity index (χ0v) is 8.43. The summed E-state index contributed by atoms with van der Waals surface area (Å²) < 4.78 is 0. The van der Waals surface area contributed by atoms with Crippen molar-refractivity contribution in [2.75, 3.05) is 5.73 Å². The second-order valence-electron chi connectivity index (χ2n) is 3.59. The molecule has 1 aromatic carbocycles. The van der Waals surface area contributed by atoms with E-state index in [0.29, 0.717) is 0 Å². The van der Waals surface area contributed by atoms with Gasteiger partial charge in [0.15, 0.2) is 11.5 Å². The molecule has 0 aliphatic heterocycles. The molecule has 0 saturated heterocycles. The second-order valence-corrected chi connectivity index (χ2v) is 3.97. The molecular formula is C10H12ClNO2. The fourth-order valence-corrected chi connectivity index (χ4v) is 2.26. The molecule has 0 unspecified atom stereocenters. The molecule has 0 radical (unpaired) electrons.